The van der Waals surface area contributed by atoms with Gasteiger partial charge in [0.2, 0.25) is 5.91 Å². The Morgan fingerprint density at radius 3 is 2.58 bits per heavy atom. The van der Waals surface area contributed by atoms with Crippen molar-refractivity contribution in [2.75, 3.05) is 18.0 Å². The number of para-hydroxylation sites is 2. The maximum Gasteiger partial charge on any atom is 0.387 e. The second-order valence-corrected chi connectivity index (χ2v) is 6.17. The number of ether oxygens (including phenoxy) is 1. The van der Waals surface area contributed by atoms with E-state index in [9.17, 15) is 13.6 Å². The van der Waals surface area contributed by atoms with Gasteiger partial charge in [0.15, 0.2) is 0 Å². The third kappa shape index (κ3) is 4.29. The van der Waals surface area contributed by atoms with Crippen molar-refractivity contribution in [1.82, 2.24) is 5.32 Å². The first-order chi connectivity index (χ1) is 12.5. The summed E-state index contributed by atoms with van der Waals surface area (Å²) in [6, 6.07) is 15.0. The number of rotatable bonds is 6. The lowest BCUT2D eigenvalue weighted by molar-refractivity contribution is -0.123. The van der Waals surface area contributed by atoms with Gasteiger partial charge in [-0.1, -0.05) is 42.5 Å². The molecule has 3 N–H and O–H groups in total. The topological polar surface area (TPSA) is 67.6 Å². The first-order valence-corrected chi connectivity index (χ1v) is 8.44. The standard InChI is InChI=1S/C19H21F2N3O2/c20-19(21)26-16-9-5-4-8-15(16)24-11-10-14(12-24)23-18(25)17(22)13-6-2-1-3-7-13/h1-9,14,17,19H,10-12,22H2,(H,23,25). The fourth-order valence-electron chi connectivity index (χ4n) is 3.11. The summed E-state index contributed by atoms with van der Waals surface area (Å²) in [5, 5.41) is 2.94. The molecule has 1 saturated heterocycles. The minimum Gasteiger partial charge on any atom is -0.433 e. The molecule has 2 unspecified atom stereocenters. The van der Waals surface area contributed by atoms with Crippen LogP contribution in [0.3, 0.4) is 0 Å². The van der Waals surface area contributed by atoms with Crippen molar-refractivity contribution in [2.45, 2.75) is 25.1 Å². The van der Waals surface area contributed by atoms with Gasteiger partial charge in [0.25, 0.3) is 0 Å². The molecule has 5 nitrogen and oxygen atoms in total. The van der Waals surface area contributed by atoms with Crippen LogP contribution in [-0.4, -0.2) is 31.7 Å². The third-order valence-electron chi connectivity index (χ3n) is 4.40. The molecule has 138 valence electrons. The van der Waals surface area contributed by atoms with Crippen molar-refractivity contribution in [1.29, 1.82) is 0 Å². The molecule has 2 aromatic carbocycles. The Morgan fingerprint density at radius 2 is 1.85 bits per heavy atom. The zero-order valence-electron chi connectivity index (χ0n) is 14.1. The van der Waals surface area contributed by atoms with Crippen LogP contribution in [0.1, 0.15) is 18.0 Å². The molecule has 0 saturated carbocycles. The summed E-state index contributed by atoms with van der Waals surface area (Å²) < 4.78 is 29.7. The molecular weight excluding hydrogens is 340 g/mol. The number of hydrogen-bond acceptors (Lipinski definition) is 4. The highest BCUT2D eigenvalue weighted by Gasteiger charge is 2.28. The lowest BCUT2D eigenvalue weighted by Crippen LogP contribution is -2.42. The Labute approximate surface area is 150 Å². The van der Waals surface area contributed by atoms with Crippen LogP contribution in [0.4, 0.5) is 14.5 Å². The van der Waals surface area contributed by atoms with Crippen molar-refractivity contribution in [3.63, 3.8) is 0 Å². The fraction of sp³-hybridized carbons (Fsp3) is 0.316. The zero-order valence-corrected chi connectivity index (χ0v) is 14.1. The average molecular weight is 361 g/mol. The number of nitrogens with two attached hydrogens (primary N) is 1. The molecule has 1 fully saturated rings. The van der Waals surface area contributed by atoms with Crippen LogP contribution in [0.2, 0.25) is 0 Å². The normalized spacial score (nSPS) is 18.0. The number of carbonyl (C=O) groups is 1. The minimum atomic E-state index is -2.88. The monoisotopic (exact) mass is 361 g/mol. The molecule has 1 aliphatic rings. The van der Waals surface area contributed by atoms with Crippen LogP contribution in [0.15, 0.2) is 54.6 Å². The molecule has 3 rings (SSSR count). The van der Waals surface area contributed by atoms with Crippen molar-refractivity contribution < 1.29 is 18.3 Å². The number of hydrogen-bond donors (Lipinski definition) is 2. The third-order valence-corrected chi connectivity index (χ3v) is 4.40. The number of anilines is 1. The van der Waals surface area contributed by atoms with E-state index in [2.05, 4.69) is 10.1 Å². The smallest absolute Gasteiger partial charge is 0.387 e. The van der Waals surface area contributed by atoms with Gasteiger partial charge < -0.3 is 20.7 Å². The molecule has 1 heterocycles. The van der Waals surface area contributed by atoms with Gasteiger partial charge in [-0.3, -0.25) is 4.79 Å². The summed E-state index contributed by atoms with van der Waals surface area (Å²) >= 11 is 0. The predicted molar refractivity (Wildman–Crippen MR) is 95.2 cm³/mol. The lowest BCUT2D eigenvalue weighted by Gasteiger charge is -2.22. The Bertz CT molecular complexity index is 743. The molecule has 7 heteroatoms. The maximum atomic E-state index is 12.6. The number of amides is 1. The summed E-state index contributed by atoms with van der Waals surface area (Å²) in [5.41, 5.74) is 7.35. The van der Waals surface area contributed by atoms with Gasteiger partial charge in [-0.05, 0) is 24.1 Å². The molecule has 0 spiro atoms. The number of halogens is 2. The van der Waals surface area contributed by atoms with Crippen LogP contribution in [0.5, 0.6) is 5.75 Å². The first-order valence-electron chi connectivity index (χ1n) is 8.44. The molecule has 1 aliphatic heterocycles. The number of carbonyl (C=O) groups excluding carboxylic acids is 1. The first kappa shape index (κ1) is 18.1. The Morgan fingerprint density at radius 1 is 1.15 bits per heavy atom. The highest BCUT2D eigenvalue weighted by Crippen LogP contribution is 2.31. The Hall–Kier alpha value is -2.67. The molecule has 0 radical (unpaired) electrons. The SMILES string of the molecule is NC(C(=O)NC1CCN(c2ccccc2OC(F)F)C1)c1ccccc1. The van der Waals surface area contributed by atoms with E-state index in [1.54, 1.807) is 18.2 Å². The van der Waals surface area contributed by atoms with Gasteiger partial charge >= 0.3 is 6.61 Å². The van der Waals surface area contributed by atoms with Crippen LogP contribution >= 0.6 is 0 Å². The summed E-state index contributed by atoms with van der Waals surface area (Å²) in [6.07, 6.45) is 0.705. The number of alkyl halides is 2. The van der Waals surface area contributed by atoms with Gasteiger partial charge in [-0.2, -0.15) is 8.78 Å². The Kier molecular flexibility index (Phi) is 5.68. The van der Waals surface area contributed by atoms with Gasteiger partial charge in [-0.15, -0.1) is 0 Å². The van der Waals surface area contributed by atoms with E-state index >= 15 is 0 Å². The molecule has 0 bridgehead atoms. The molecule has 26 heavy (non-hydrogen) atoms. The van der Waals surface area contributed by atoms with Crippen LogP contribution in [-0.2, 0) is 4.79 Å². The van der Waals surface area contributed by atoms with Crippen LogP contribution in [0.25, 0.3) is 0 Å². The zero-order chi connectivity index (χ0) is 18.5. The van der Waals surface area contributed by atoms with Gasteiger partial charge in [0.05, 0.1) is 5.69 Å². The second kappa shape index (κ2) is 8.14. The molecule has 0 aliphatic carbocycles. The quantitative estimate of drug-likeness (QED) is 0.830. The van der Waals surface area contributed by atoms with E-state index in [-0.39, 0.29) is 17.7 Å². The fourth-order valence-corrected chi connectivity index (χ4v) is 3.11. The van der Waals surface area contributed by atoms with E-state index < -0.39 is 12.7 Å². The van der Waals surface area contributed by atoms with E-state index in [1.807, 2.05) is 35.2 Å². The predicted octanol–water partition coefficient (Wildman–Crippen LogP) is 2.68. The van der Waals surface area contributed by atoms with E-state index in [0.29, 0.717) is 25.2 Å². The molecule has 1 amide bonds. The maximum absolute atomic E-state index is 12.6. The summed E-state index contributed by atoms with van der Waals surface area (Å²) in [7, 11) is 0. The molecule has 2 aromatic rings. The molecule has 0 aromatic heterocycles. The van der Waals surface area contributed by atoms with E-state index in [4.69, 9.17) is 5.73 Å². The van der Waals surface area contributed by atoms with Gasteiger partial charge in [-0.25, -0.2) is 0 Å². The lowest BCUT2D eigenvalue weighted by atomic mass is 10.1. The Balaban J connectivity index is 1.62. The highest BCUT2D eigenvalue weighted by molar-refractivity contribution is 5.83. The van der Waals surface area contributed by atoms with Crippen molar-refractivity contribution in [2.24, 2.45) is 5.73 Å². The van der Waals surface area contributed by atoms with Gasteiger partial charge in [0.1, 0.15) is 11.8 Å². The van der Waals surface area contributed by atoms with E-state index in [0.717, 1.165) is 5.56 Å². The number of benzene rings is 2. The molecule has 2 atom stereocenters. The second-order valence-electron chi connectivity index (χ2n) is 6.17. The minimum absolute atomic E-state index is 0.100. The summed E-state index contributed by atoms with van der Waals surface area (Å²) in [5.74, 6) is -0.115. The van der Waals surface area contributed by atoms with Crippen molar-refractivity contribution >= 4 is 11.6 Å². The largest absolute Gasteiger partial charge is 0.433 e. The van der Waals surface area contributed by atoms with Crippen LogP contribution < -0.4 is 20.7 Å². The van der Waals surface area contributed by atoms with Crippen LogP contribution in [0, 0.1) is 0 Å². The highest BCUT2D eigenvalue weighted by atomic mass is 19.3. The number of nitrogens with one attached hydrogen (secondary N) is 1. The van der Waals surface area contributed by atoms with Crippen molar-refractivity contribution in [3.05, 3.63) is 60.2 Å². The summed E-state index contributed by atoms with van der Waals surface area (Å²) in [6.45, 7) is -1.73. The average Bonchev–Trinajstić information content (AvgIpc) is 3.10. The van der Waals surface area contributed by atoms with Gasteiger partial charge in [0, 0.05) is 19.1 Å². The van der Waals surface area contributed by atoms with Crippen molar-refractivity contribution in [3.8, 4) is 5.75 Å². The molecular formula is C19H21F2N3O2. The number of nitrogens with zero attached hydrogens (tertiary/aromatic N) is 1. The van der Waals surface area contributed by atoms with E-state index in [1.165, 1.54) is 6.07 Å². The summed E-state index contributed by atoms with van der Waals surface area (Å²) in [4.78, 5) is 14.3.